The van der Waals surface area contributed by atoms with Crippen LogP contribution in [0.4, 0.5) is 0 Å². The monoisotopic (exact) mass is 302 g/mol. The van der Waals surface area contributed by atoms with Crippen molar-refractivity contribution in [2.24, 2.45) is 7.05 Å². The minimum absolute atomic E-state index is 0.488. The molecule has 0 atom stereocenters. The van der Waals surface area contributed by atoms with Crippen LogP contribution in [0.2, 0.25) is 0 Å². The molecular formula is C15H22N6O. The van der Waals surface area contributed by atoms with Gasteiger partial charge in [0.15, 0.2) is 5.82 Å². The van der Waals surface area contributed by atoms with Crippen molar-refractivity contribution >= 4 is 0 Å². The Kier molecular flexibility index (Phi) is 4.65. The summed E-state index contributed by atoms with van der Waals surface area (Å²) in [6.07, 6.45) is 6.66. The SMILES string of the molecule is C=CCOCc1nnc2n1CCN(Cc1cnn(C)c1)CC2. The number of hydrogen-bond acceptors (Lipinski definition) is 5. The van der Waals surface area contributed by atoms with E-state index in [4.69, 9.17) is 4.74 Å². The third-order valence-corrected chi connectivity index (χ3v) is 3.83. The predicted molar refractivity (Wildman–Crippen MR) is 82.1 cm³/mol. The zero-order valence-electron chi connectivity index (χ0n) is 13.0. The van der Waals surface area contributed by atoms with Gasteiger partial charge in [-0.1, -0.05) is 6.08 Å². The van der Waals surface area contributed by atoms with Gasteiger partial charge in [0.25, 0.3) is 0 Å². The number of ether oxygens (including phenoxy) is 1. The molecule has 7 heteroatoms. The number of rotatable bonds is 6. The van der Waals surface area contributed by atoms with Crippen LogP contribution in [0.15, 0.2) is 25.0 Å². The van der Waals surface area contributed by atoms with Crippen LogP contribution in [0.3, 0.4) is 0 Å². The zero-order chi connectivity index (χ0) is 15.4. The lowest BCUT2D eigenvalue weighted by atomic mass is 10.3. The van der Waals surface area contributed by atoms with Crippen LogP contribution in [0.25, 0.3) is 0 Å². The van der Waals surface area contributed by atoms with E-state index < -0.39 is 0 Å². The Bertz CT molecular complexity index is 632. The molecule has 22 heavy (non-hydrogen) atoms. The second-order valence-corrected chi connectivity index (χ2v) is 5.54. The number of aryl methyl sites for hydroxylation is 1. The molecule has 0 spiro atoms. The van der Waals surface area contributed by atoms with E-state index in [-0.39, 0.29) is 0 Å². The van der Waals surface area contributed by atoms with Crippen LogP contribution in [-0.2, 0) is 37.9 Å². The topological polar surface area (TPSA) is 61.0 Å². The highest BCUT2D eigenvalue weighted by Gasteiger charge is 2.19. The van der Waals surface area contributed by atoms with E-state index in [1.165, 1.54) is 5.56 Å². The predicted octanol–water partition coefficient (Wildman–Crippen LogP) is 0.772. The summed E-state index contributed by atoms with van der Waals surface area (Å²) >= 11 is 0. The summed E-state index contributed by atoms with van der Waals surface area (Å²) in [5.41, 5.74) is 1.25. The molecule has 0 fully saturated rings. The molecule has 1 aliphatic rings. The van der Waals surface area contributed by atoms with Gasteiger partial charge >= 0.3 is 0 Å². The standard InChI is InChI=1S/C15H22N6O/c1-3-8-22-12-15-18-17-14-4-5-20(6-7-21(14)15)11-13-9-16-19(2)10-13/h3,9-10H,1,4-8,11-12H2,2H3. The summed E-state index contributed by atoms with van der Waals surface area (Å²) in [4.78, 5) is 2.43. The maximum absolute atomic E-state index is 5.49. The van der Waals surface area contributed by atoms with Crippen LogP contribution in [-0.4, -0.2) is 49.1 Å². The minimum Gasteiger partial charge on any atom is -0.369 e. The van der Waals surface area contributed by atoms with E-state index in [2.05, 4.69) is 37.5 Å². The zero-order valence-corrected chi connectivity index (χ0v) is 13.0. The quantitative estimate of drug-likeness (QED) is 0.583. The van der Waals surface area contributed by atoms with Gasteiger partial charge in [-0.15, -0.1) is 16.8 Å². The van der Waals surface area contributed by atoms with Gasteiger partial charge in [-0.3, -0.25) is 9.58 Å². The minimum atomic E-state index is 0.488. The molecule has 0 radical (unpaired) electrons. The van der Waals surface area contributed by atoms with Gasteiger partial charge in [-0.2, -0.15) is 5.10 Å². The summed E-state index contributed by atoms with van der Waals surface area (Å²) < 4.78 is 9.52. The van der Waals surface area contributed by atoms with Crippen molar-refractivity contribution in [3.05, 3.63) is 42.3 Å². The van der Waals surface area contributed by atoms with E-state index in [0.717, 1.165) is 44.2 Å². The van der Waals surface area contributed by atoms with Gasteiger partial charge in [0, 0.05) is 51.4 Å². The lowest BCUT2D eigenvalue weighted by Gasteiger charge is -2.18. The highest BCUT2D eigenvalue weighted by molar-refractivity contribution is 5.04. The largest absolute Gasteiger partial charge is 0.369 e. The van der Waals surface area contributed by atoms with Gasteiger partial charge in [-0.05, 0) is 0 Å². The second-order valence-electron chi connectivity index (χ2n) is 5.54. The van der Waals surface area contributed by atoms with Gasteiger partial charge < -0.3 is 9.30 Å². The molecule has 0 unspecified atom stereocenters. The molecule has 0 saturated carbocycles. The van der Waals surface area contributed by atoms with E-state index in [1.807, 2.05) is 17.9 Å². The number of fused-ring (bicyclic) bond motifs is 1. The molecule has 0 aromatic carbocycles. The summed E-state index contributed by atoms with van der Waals surface area (Å²) in [5, 5.41) is 12.8. The molecule has 1 aliphatic heterocycles. The third kappa shape index (κ3) is 3.42. The smallest absolute Gasteiger partial charge is 0.159 e. The molecule has 118 valence electrons. The molecule has 0 aliphatic carbocycles. The summed E-state index contributed by atoms with van der Waals surface area (Å²) in [7, 11) is 1.95. The van der Waals surface area contributed by atoms with Crippen LogP contribution < -0.4 is 0 Å². The summed E-state index contributed by atoms with van der Waals surface area (Å²) in [5.74, 6) is 1.95. The van der Waals surface area contributed by atoms with Gasteiger partial charge in [0.05, 0.1) is 12.8 Å². The molecule has 0 amide bonds. The molecule has 0 saturated heterocycles. The fourth-order valence-electron chi connectivity index (χ4n) is 2.74. The van der Waals surface area contributed by atoms with Crippen molar-refractivity contribution < 1.29 is 4.74 Å². The summed E-state index contributed by atoms with van der Waals surface area (Å²) in [6.45, 7) is 8.47. The molecule has 0 bridgehead atoms. The number of nitrogens with zero attached hydrogens (tertiary/aromatic N) is 6. The fraction of sp³-hybridized carbons (Fsp3) is 0.533. The Hall–Kier alpha value is -1.99. The molecule has 2 aromatic rings. The van der Waals surface area contributed by atoms with Gasteiger partial charge in [0.2, 0.25) is 0 Å². The highest BCUT2D eigenvalue weighted by Crippen LogP contribution is 2.12. The molecule has 3 heterocycles. The molecule has 2 aromatic heterocycles. The summed E-state index contributed by atoms with van der Waals surface area (Å²) in [6, 6.07) is 0. The Morgan fingerprint density at radius 2 is 2.23 bits per heavy atom. The van der Waals surface area contributed by atoms with E-state index in [0.29, 0.717) is 13.2 Å². The maximum Gasteiger partial charge on any atom is 0.159 e. The van der Waals surface area contributed by atoms with Crippen molar-refractivity contribution in [3.63, 3.8) is 0 Å². The lowest BCUT2D eigenvalue weighted by molar-refractivity contribution is 0.139. The normalized spacial score (nSPS) is 15.5. The highest BCUT2D eigenvalue weighted by atomic mass is 16.5. The number of aromatic nitrogens is 5. The Morgan fingerprint density at radius 3 is 3.00 bits per heavy atom. The van der Waals surface area contributed by atoms with Crippen molar-refractivity contribution in [3.8, 4) is 0 Å². The maximum atomic E-state index is 5.49. The molecule has 0 N–H and O–H groups in total. The first kappa shape index (κ1) is 14.9. The first-order valence-electron chi connectivity index (χ1n) is 7.55. The molecule has 3 rings (SSSR count). The van der Waals surface area contributed by atoms with E-state index >= 15 is 0 Å². The Morgan fingerprint density at radius 1 is 1.32 bits per heavy atom. The lowest BCUT2D eigenvalue weighted by Crippen LogP contribution is -2.26. The van der Waals surface area contributed by atoms with Gasteiger partial charge in [0.1, 0.15) is 12.4 Å². The molecule has 7 nitrogen and oxygen atoms in total. The van der Waals surface area contributed by atoms with Gasteiger partial charge in [-0.25, -0.2) is 0 Å². The van der Waals surface area contributed by atoms with E-state index in [1.54, 1.807) is 6.08 Å². The van der Waals surface area contributed by atoms with E-state index in [9.17, 15) is 0 Å². The second kappa shape index (κ2) is 6.85. The first-order valence-corrected chi connectivity index (χ1v) is 7.55. The fourth-order valence-corrected chi connectivity index (χ4v) is 2.74. The van der Waals surface area contributed by atoms with Crippen molar-refractivity contribution in [2.75, 3.05) is 19.7 Å². The molecular weight excluding hydrogens is 280 g/mol. The van der Waals surface area contributed by atoms with Crippen LogP contribution in [0.5, 0.6) is 0 Å². The Balaban J connectivity index is 1.61. The van der Waals surface area contributed by atoms with Crippen molar-refractivity contribution in [1.82, 2.24) is 29.4 Å². The van der Waals surface area contributed by atoms with Crippen molar-refractivity contribution in [1.29, 1.82) is 0 Å². The van der Waals surface area contributed by atoms with Crippen LogP contribution >= 0.6 is 0 Å². The Labute approximate surface area is 130 Å². The average Bonchev–Trinajstić information content (AvgIpc) is 3.03. The van der Waals surface area contributed by atoms with Crippen LogP contribution in [0, 0.1) is 0 Å². The third-order valence-electron chi connectivity index (χ3n) is 3.83. The van der Waals surface area contributed by atoms with Crippen LogP contribution in [0.1, 0.15) is 17.2 Å². The number of hydrogen-bond donors (Lipinski definition) is 0. The average molecular weight is 302 g/mol. The first-order chi connectivity index (χ1) is 10.8. The van der Waals surface area contributed by atoms with Crippen molar-refractivity contribution in [2.45, 2.75) is 26.1 Å².